The fourth-order valence-corrected chi connectivity index (χ4v) is 2.49. The molecule has 0 bridgehead atoms. The third-order valence-electron chi connectivity index (χ3n) is 2.74. The normalized spacial score (nSPS) is 10.6. The molecule has 2 aromatic rings. The summed E-state index contributed by atoms with van der Waals surface area (Å²) in [7, 11) is 0. The molecule has 0 saturated carbocycles. The number of nitrogens with zero attached hydrogens (tertiary/aromatic N) is 1. The molecule has 0 spiro atoms. The summed E-state index contributed by atoms with van der Waals surface area (Å²) in [6.07, 6.45) is 0.801. The van der Waals surface area contributed by atoms with Gasteiger partial charge in [0.05, 0.1) is 5.69 Å². The lowest BCUT2D eigenvalue weighted by molar-refractivity contribution is -0.137. The summed E-state index contributed by atoms with van der Waals surface area (Å²) < 4.78 is 0. The second kappa shape index (κ2) is 7.02. The Balaban J connectivity index is 1.83. The lowest BCUT2D eigenvalue weighted by Gasteiger charge is -2.00. The smallest absolute Gasteiger partial charge is 0.303 e. The molecule has 0 unspecified atom stereocenters. The number of rotatable bonds is 7. The number of hydrogen-bond donors (Lipinski definition) is 3. The minimum Gasteiger partial charge on any atom is -0.508 e. The number of carboxylic acid groups (broad SMARTS) is 1. The van der Waals surface area contributed by atoms with Gasteiger partial charge in [-0.3, -0.25) is 4.79 Å². The van der Waals surface area contributed by atoms with Gasteiger partial charge in [0.2, 0.25) is 0 Å². The standard InChI is InChI=1S/C14H16N2O3S/c17-11-5-3-10(4-6-11)12-9-20-13(16-12)8-15-7-1-2-14(18)19/h3-6,9,15,17H,1-2,7-8H2,(H,18,19). The first kappa shape index (κ1) is 14.5. The van der Waals surface area contributed by atoms with Crippen molar-refractivity contribution >= 4 is 17.3 Å². The second-order valence-corrected chi connectivity index (χ2v) is 5.29. The predicted molar refractivity (Wildman–Crippen MR) is 77.8 cm³/mol. The first-order valence-electron chi connectivity index (χ1n) is 6.31. The van der Waals surface area contributed by atoms with Crippen LogP contribution in [-0.4, -0.2) is 27.7 Å². The van der Waals surface area contributed by atoms with Crippen LogP contribution in [0, 0.1) is 0 Å². The predicted octanol–water partition coefficient (Wildman–Crippen LogP) is 2.47. The van der Waals surface area contributed by atoms with Gasteiger partial charge in [-0.2, -0.15) is 0 Å². The first-order valence-corrected chi connectivity index (χ1v) is 7.19. The van der Waals surface area contributed by atoms with E-state index in [2.05, 4.69) is 10.3 Å². The molecule has 1 aromatic heterocycles. The highest BCUT2D eigenvalue weighted by Crippen LogP contribution is 2.23. The molecule has 0 amide bonds. The van der Waals surface area contributed by atoms with Gasteiger partial charge in [0, 0.05) is 23.9 Å². The zero-order chi connectivity index (χ0) is 14.4. The van der Waals surface area contributed by atoms with E-state index in [4.69, 9.17) is 5.11 Å². The van der Waals surface area contributed by atoms with Crippen LogP contribution in [0.3, 0.4) is 0 Å². The summed E-state index contributed by atoms with van der Waals surface area (Å²) in [5.74, 6) is -0.528. The van der Waals surface area contributed by atoms with Gasteiger partial charge in [-0.1, -0.05) is 0 Å². The molecule has 106 valence electrons. The largest absolute Gasteiger partial charge is 0.508 e. The Morgan fingerprint density at radius 2 is 2.05 bits per heavy atom. The van der Waals surface area contributed by atoms with Crippen molar-refractivity contribution < 1.29 is 15.0 Å². The minimum atomic E-state index is -0.768. The maximum Gasteiger partial charge on any atom is 0.303 e. The molecule has 0 aliphatic heterocycles. The number of thiazole rings is 1. The van der Waals surface area contributed by atoms with Gasteiger partial charge < -0.3 is 15.5 Å². The van der Waals surface area contributed by atoms with Crippen molar-refractivity contribution in [1.29, 1.82) is 0 Å². The highest BCUT2D eigenvalue weighted by molar-refractivity contribution is 7.09. The first-order chi connectivity index (χ1) is 9.65. The van der Waals surface area contributed by atoms with Crippen molar-refractivity contribution in [3.63, 3.8) is 0 Å². The fourth-order valence-electron chi connectivity index (χ4n) is 1.72. The van der Waals surface area contributed by atoms with Crippen LogP contribution in [0.15, 0.2) is 29.6 Å². The van der Waals surface area contributed by atoms with Crippen LogP contribution >= 0.6 is 11.3 Å². The molecule has 1 aromatic carbocycles. The molecule has 3 N–H and O–H groups in total. The highest BCUT2D eigenvalue weighted by Gasteiger charge is 2.04. The van der Waals surface area contributed by atoms with E-state index in [0.29, 0.717) is 19.5 Å². The van der Waals surface area contributed by atoms with Crippen molar-refractivity contribution in [3.05, 3.63) is 34.7 Å². The summed E-state index contributed by atoms with van der Waals surface area (Å²) in [5, 5.41) is 23.9. The Bertz CT molecular complexity index is 566. The number of benzene rings is 1. The van der Waals surface area contributed by atoms with E-state index in [-0.39, 0.29) is 12.2 Å². The molecule has 0 fully saturated rings. The number of carboxylic acids is 1. The van der Waals surface area contributed by atoms with Gasteiger partial charge in [-0.05, 0) is 37.2 Å². The average Bonchev–Trinajstić information content (AvgIpc) is 2.87. The number of carbonyl (C=O) groups is 1. The molecule has 0 radical (unpaired) electrons. The van der Waals surface area contributed by atoms with E-state index >= 15 is 0 Å². The van der Waals surface area contributed by atoms with Crippen LogP contribution in [0.5, 0.6) is 5.75 Å². The third kappa shape index (κ3) is 4.32. The lowest BCUT2D eigenvalue weighted by atomic mass is 10.2. The fraction of sp³-hybridized carbons (Fsp3) is 0.286. The van der Waals surface area contributed by atoms with Gasteiger partial charge in [0.25, 0.3) is 0 Å². The van der Waals surface area contributed by atoms with Crippen LogP contribution in [0.4, 0.5) is 0 Å². The molecule has 6 heteroatoms. The number of phenols is 1. The number of aromatic hydroxyl groups is 1. The van der Waals surface area contributed by atoms with Gasteiger partial charge in [-0.25, -0.2) is 4.98 Å². The van der Waals surface area contributed by atoms with Crippen LogP contribution in [0.1, 0.15) is 17.8 Å². The average molecular weight is 292 g/mol. The summed E-state index contributed by atoms with van der Waals surface area (Å²) >= 11 is 1.56. The number of nitrogens with one attached hydrogen (secondary N) is 1. The van der Waals surface area contributed by atoms with Gasteiger partial charge in [-0.15, -0.1) is 11.3 Å². The zero-order valence-electron chi connectivity index (χ0n) is 10.9. The van der Waals surface area contributed by atoms with E-state index in [9.17, 15) is 9.90 Å². The monoisotopic (exact) mass is 292 g/mol. The Kier molecular flexibility index (Phi) is 5.09. The Morgan fingerprint density at radius 3 is 2.75 bits per heavy atom. The number of aromatic nitrogens is 1. The summed E-state index contributed by atoms with van der Waals surface area (Å²) in [5.41, 5.74) is 1.86. The maximum absolute atomic E-state index is 10.4. The summed E-state index contributed by atoms with van der Waals surface area (Å²) in [4.78, 5) is 14.9. The molecular weight excluding hydrogens is 276 g/mol. The van der Waals surface area contributed by atoms with Crippen molar-refractivity contribution in [2.24, 2.45) is 0 Å². The van der Waals surface area contributed by atoms with Crippen molar-refractivity contribution in [2.45, 2.75) is 19.4 Å². The van der Waals surface area contributed by atoms with Gasteiger partial charge in [0.1, 0.15) is 10.8 Å². The molecule has 20 heavy (non-hydrogen) atoms. The molecule has 2 rings (SSSR count). The zero-order valence-corrected chi connectivity index (χ0v) is 11.7. The van der Waals surface area contributed by atoms with Crippen molar-refractivity contribution in [1.82, 2.24) is 10.3 Å². The molecule has 0 aliphatic carbocycles. The Labute approximate surface area is 120 Å². The molecule has 5 nitrogen and oxygen atoms in total. The molecule has 0 atom stereocenters. The van der Waals surface area contributed by atoms with Crippen molar-refractivity contribution in [3.8, 4) is 17.0 Å². The van der Waals surface area contributed by atoms with E-state index in [1.807, 2.05) is 17.5 Å². The molecular formula is C14H16N2O3S. The summed E-state index contributed by atoms with van der Waals surface area (Å²) in [6.45, 7) is 1.31. The van der Waals surface area contributed by atoms with Crippen molar-refractivity contribution in [2.75, 3.05) is 6.54 Å². The molecule has 0 aliphatic rings. The van der Waals surface area contributed by atoms with Crippen LogP contribution in [-0.2, 0) is 11.3 Å². The Hall–Kier alpha value is -1.92. The Morgan fingerprint density at radius 1 is 1.30 bits per heavy atom. The third-order valence-corrected chi connectivity index (χ3v) is 3.58. The number of phenolic OH excluding ortho intramolecular Hbond substituents is 1. The minimum absolute atomic E-state index is 0.184. The lowest BCUT2D eigenvalue weighted by Crippen LogP contribution is -2.15. The van der Waals surface area contributed by atoms with E-state index in [0.717, 1.165) is 16.3 Å². The highest BCUT2D eigenvalue weighted by atomic mass is 32.1. The summed E-state index contributed by atoms with van der Waals surface area (Å²) in [6, 6.07) is 6.93. The van der Waals surface area contributed by atoms with E-state index in [1.165, 1.54) is 0 Å². The number of hydrogen-bond acceptors (Lipinski definition) is 5. The molecule has 0 saturated heterocycles. The SMILES string of the molecule is O=C(O)CCCNCc1nc(-c2ccc(O)cc2)cs1. The quantitative estimate of drug-likeness (QED) is 0.683. The number of aliphatic carboxylic acids is 1. The van der Waals surface area contributed by atoms with Crippen LogP contribution < -0.4 is 5.32 Å². The van der Waals surface area contributed by atoms with Gasteiger partial charge >= 0.3 is 5.97 Å². The van der Waals surface area contributed by atoms with Crippen LogP contribution in [0.25, 0.3) is 11.3 Å². The van der Waals surface area contributed by atoms with Crippen LogP contribution in [0.2, 0.25) is 0 Å². The topological polar surface area (TPSA) is 82.5 Å². The second-order valence-electron chi connectivity index (χ2n) is 4.35. The maximum atomic E-state index is 10.4. The molecule has 1 heterocycles. The van der Waals surface area contributed by atoms with Gasteiger partial charge in [0.15, 0.2) is 0 Å². The van der Waals surface area contributed by atoms with E-state index in [1.54, 1.807) is 23.5 Å². The van der Waals surface area contributed by atoms with E-state index < -0.39 is 5.97 Å².